The van der Waals surface area contributed by atoms with Gasteiger partial charge in [0.15, 0.2) is 6.61 Å². The molecule has 4 aromatic rings. The van der Waals surface area contributed by atoms with Crippen LogP contribution in [-0.4, -0.2) is 82.0 Å². The minimum atomic E-state index is -3.66. The molecule has 1 atom stereocenters. The van der Waals surface area contributed by atoms with Gasteiger partial charge in [-0.05, 0) is 59.5 Å². The number of hydrogen-bond acceptors (Lipinski definition) is 7. The Kier molecular flexibility index (Phi) is 12.2. The third-order valence-corrected chi connectivity index (χ3v) is 10.0. The molecule has 1 aliphatic rings. The lowest BCUT2D eigenvalue weighted by Crippen LogP contribution is -2.52. The number of rotatable bonds is 15. The SMILES string of the molecule is COc1ccc(CCNC(=O)[C@H](Cc2ccccc2)N(Cc2ccccc2)C(=O)COc2ccc(S(=O)(=O)N3CCOCC3)cc2)cc1. The Balaban J connectivity index is 1.31. The van der Waals surface area contributed by atoms with Gasteiger partial charge in [0.2, 0.25) is 15.9 Å². The lowest BCUT2D eigenvalue weighted by molar-refractivity contribution is -0.142. The smallest absolute Gasteiger partial charge is 0.261 e. The van der Waals surface area contributed by atoms with E-state index in [0.29, 0.717) is 51.4 Å². The molecule has 0 unspecified atom stereocenters. The van der Waals surface area contributed by atoms with Gasteiger partial charge in [-0.15, -0.1) is 0 Å². The molecular weight excluding hydrogens is 630 g/mol. The average molecular weight is 672 g/mol. The molecule has 0 aliphatic carbocycles. The number of sulfonamides is 1. The van der Waals surface area contributed by atoms with Crippen molar-refractivity contribution in [1.82, 2.24) is 14.5 Å². The predicted molar refractivity (Wildman–Crippen MR) is 182 cm³/mol. The Labute approximate surface area is 282 Å². The fraction of sp³-hybridized carbons (Fsp3) is 0.297. The number of morpholine rings is 1. The van der Waals surface area contributed by atoms with Gasteiger partial charge in [0.1, 0.15) is 17.5 Å². The zero-order valence-corrected chi connectivity index (χ0v) is 27.8. The van der Waals surface area contributed by atoms with Crippen LogP contribution in [0.4, 0.5) is 0 Å². The minimum Gasteiger partial charge on any atom is -0.497 e. The lowest BCUT2D eigenvalue weighted by Gasteiger charge is -2.31. The molecule has 48 heavy (non-hydrogen) atoms. The number of hydrogen-bond donors (Lipinski definition) is 1. The van der Waals surface area contributed by atoms with Crippen molar-refractivity contribution in [3.05, 3.63) is 126 Å². The summed E-state index contributed by atoms with van der Waals surface area (Å²) in [5, 5.41) is 3.05. The zero-order valence-electron chi connectivity index (χ0n) is 27.0. The summed E-state index contributed by atoms with van der Waals surface area (Å²) < 4.78 is 43.8. The monoisotopic (exact) mass is 671 g/mol. The zero-order chi connectivity index (χ0) is 33.8. The van der Waals surface area contributed by atoms with Crippen molar-refractivity contribution in [2.75, 3.05) is 46.6 Å². The molecule has 0 saturated carbocycles. The van der Waals surface area contributed by atoms with Gasteiger partial charge in [-0.25, -0.2) is 8.42 Å². The van der Waals surface area contributed by atoms with E-state index in [1.165, 1.54) is 28.6 Å². The topological polar surface area (TPSA) is 114 Å². The van der Waals surface area contributed by atoms with E-state index >= 15 is 0 Å². The van der Waals surface area contributed by atoms with E-state index in [9.17, 15) is 18.0 Å². The molecule has 1 heterocycles. The predicted octanol–water partition coefficient (Wildman–Crippen LogP) is 4.09. The summed E-state index contributed by atoms with van der Waals surface area (Å²) in [6.45, 7) is 1.55. The maximum absolute atomic E-state index is 13.9. The Morgan fingerprint density at radius 2 is 1.42 bits per heavy atom. The molecule has 4 aromatic carbocycles. The molecule has 5 rings (SSSR count). The Morgan fingerprint density at radius 3 is 2.04 bits per heavy atom. The molecule has 1 aliphatic heterocycles. The van der Waals surface area contributed by atoms with Crippen molar-refractivity contribution in [3.8, 4) is 11.5 Å². The number of amides is 2. The number of benzene rings is 4. The Morgan fingerprint density at radius 1 is 0.812 bits per heavy atom. The van der Waals surface area contributed by atoms with Crippen LogP contribution in [0.3, 0.4) is 0 Å². The van der Waals surface area contributed by atoms with Gasteiger partial charge in [0.05, 0.1) is 25.2 Å². The van der Waals surface area contributed by atoms with Crippen LogP contribution >= 0.6 is 0 Å². The first-order valence-electron chi connectivity index (χ1n) is 15.9. The van der Waals surface area contributed by atoms with Gasteiger partial charge in [-0.1, -0.05) is 72.8 Å². The molecule has 252 valence electrons. The molecule has 1 fully saturated rings. The van der Waals surface area contributed by atoms with Gasteiger partial charge in [0, 0.05) is 32.6 Å². The summed E-state index contributed by atoms with van der Waals surface area (Å²) in [6, 6.07) is 32.0. The number of carbonyl (C=O) groups excluding carboxylic acids is 2. The highest BCUT2D eigenvalue weighted by molar-refractivity contribution is 7.89. The fourth-order valence-electron chi connectivity index (χ4n) is 5.45. The molecule has 0 bridgehead atoms. The van der Waals surface area contributed by atoms with Crippen LogP contribution in [0.5, 0.6) is 11.5 Å². The number of nitrogens with zero attached hydrogens (tertiary/aromatic N) is 2. The van der Waals surface area contributed by atoms with Crippen molar-refractivity contribution in [1.29, 1.82) is 0 Å². The summed E-state index contributed by atoms with van der Waals surface area (Å²) in [7, 11) is -2.05. The van der Waals surface area contributed by atoms with E-state index in [0.717, 1.165) is 22.4 Å². The van der Waals surface area contributed by atoms with Crippen molar-refractivity contribution >= 4 is 21.8 Å². The highest BCUT2D eigenvalue weighted by Gasteiger charge is 2.31. The summed E-state index contributed by atoms with van der Waals surface area (Å²) in [4.78, 5) is 29.5. The first kappa shape index (κ1) is 34.6. The third-order valence-electron chi connectivity index (χ3n) is 8.13. The number of ether oxygens (including phenoxy) is 3. The third kappa shape index (κ3) is 9.43. The van der Waals surface area contributed by atoms with Crippen LogP contribution in [0.2, 0.25) is 0 Å². The second kappa shape index (κ2) is 16.9. The van der Waals surface area contributed by atoms with Gasteiger partial charge in [0.25, 0.3) is 5.91 Å². The molecule has 2 amide bonds. The van der Waals surface area contributed by atoms with Crippen molar-refractivity contribution in [2.24, 2.45) is 0 Å². The van der Waals surface area contributed by atoms with E-state index in [1.54, 1.807) is 12.0 Å². The quantitative estimate of drug-likeness (QED) is 0.203. The van der Waals surface area contributed by atoms with Crippen LogP contribution < -0.4 is 14.8 Å². The maximum atomic E-state index is 13.9. The van der Waals surface area contributed by atoms with Crippen LogP contribution in [-0.2, 0) is 43.7 Å². The summed E-state index contributed by atoms with van der Waals surface area (Å²) in [5.74, 6) is 0.453. The van der Waals surface area contributed by atoms with E-state index < -0.39 is 16.1 Å². The van der Waals surface area contributed by atoms with E-state index in [4.69, 9.17) is 14.2 Å². The van der Waals surface area contributed by atoms with E-state index in [-0.39, 0.29) is 29.9 Å². The van der Waals surface area contributed by atoms with Crippen LogP contribution in [0, 0.1) is 0 Å². The molecule has 10 nitrogen and oxygen atoms in total. The molecule has 0 spiro atoms. The summed E-state index contributed by atoms with van der Waals surface area (Å²) in [6.07, 6.45) is 0.919. The van der Waals surface area contributed by atoms with Crippen molar-refractivity contribution < 1.29 is 32.2 Å². The Bertz CT molecular complexity index is 1710. The van der Waals surface area contributed by atoms with Crippen LogP contribution in [0.15, 0.2) is 114 Å². The van der Waals surface area contributed by atoms with Crippen molar-refractivity contribution in [2.45, 2.75) is 30.3 Å². The van der Waals surface area contributed by atoms with Crippen LogP contribution in [0.1, 0.15) is 16.7 Å². The number of methoxy groups -OCH3 is 1. The van der Waals surface area contributed by atoms with Gasteiger partial charge in [-0.2, -0.15) is 4.31 Å². The molecule has 0 aromatic heterocycles. The fourth-order valence-corrected chi connectivity index (χ4v) is 6.85. The molecule has 1 N–H and O–H groups in total. The maximum Gasteiger partial charge on any atom is 0.261 e. The van der Waals surface area contributed by atoms with Crippen LogP contribution in [0.25, 0.3) is 0 Å². The number of carbonyl (C=O) groups is 2. The Hall–Kier alpha value is -4.71. The highest BCUT2D eigenvalue weighted by atomic mass is 32.2. The molecule has 0 radical (unpaired) electrons. The lowest BCUT2D eigenvalue weighted by atomic mass is 10.0. The van der Waals surface area contributed by atoms with E-state index in [1.807, 2.05) is 84.9 Å². The largest absolute Gasteiger partial charge is 0.497 e. The number of nitrogens with one attached hydrogen (secondary N) is 1. The van der Waals surface area contributed by atoms with Crippen molar-refractivity contribution in [3.63, 3.8) is 0 Å². The van der Waals surface area contributed by atoms with Gasteiger partial charge < -0.3 is 24.4 Å². The molecule has 11 heteroatoms. The molecular formula is C37H41N3O7S. The average Bonchev–Trinajstić information content (AvgIpc) is 3.13. The first-order chi connectivity index (χ1) is 23.3. The highest BCUT2D eigenvalue weighted by Crippen LogP contribution is 2.21. The van der Waals surface area contributed by atoms with Gasteiger partial charge >= 0.3 is 0 Å². The second-order valence-corrected chi connectivity index (χ2v) is 13.3. The normalized spacial score (nSPS) is 14.1. The molecule has 1 saturated heterocycles. The first-order valence-corrected chi connectivity index (χ1v) is 17.4. The minimum absolute atomic E-state index is 0.142. The summed E-state index contributed by atoms with van der Waals surface area (Å²) in [5.41, 5.74) is 2.83. The summed E-state index contributed by atoms with van der Waals surface area (Å²) >= 11 is 0. The van der Waals surface area contributed by atoms with Gasteiger partial charge in [-0.3, -0.25) is 9.59 Å². The second-order valence-electron chi connectivity index (χ2n) is 11.4. The van der Waals surface area contributed by atoms with E-state index in [2.05, 4.69) is 5.32 Å². The standard InChI is InChI=1S/C37H41N3O7S/c1-45-32-14-12-29(13-15-32)20-21-38-37(42)35(26-30-8-4-2-5-9-30)40(27-31-10-6-3-7-11-31)36(41)28-47-33-16-18-34(19-17-33)48(43,44)39-22-24-46-25-23-39/h2-19,35H,20-28H2,1H3,(H,38,42)/t35-/m0/s1.